The number of benzene rings is 3. The number of alkyl carbamates (subject to hydrolysis) is 1. The molecule has 3 aromatic rings. The van der Waals surface area contributed by atoms with E-state index in [9.17, 15) is 4.79 Å². The molecule has 1 unspecified atom stereocenters. The molecule has 0 saturated carbocycles. The second-order valence-electron chi connectivity index (χ2n) is 9.58. The zero-order valence-corrected chi connectivity index (χ0v) is 22.1. The van der Waals surface area contributed by atoms with Gasteiger partial charge in [-0.2, -0.15) is 0 Å². The van der Waals surface area contributed by atoms with Crippen molar-refractivity contribution in [2.24, 2.45) is 5.92 Å². The molecule has 0 bridgehead atoms. The van der Waals surface area contributed by atoms with Gasteiger partial charge in [0.2, 0.25) is 0 Å². The molecule has 3 aromatic carbocycles. The number of halogens is 2. The minimum atomic E-state index is -0.411. The average molecular weight is 526 g/mol. The van der Waals surface area contributed by atoms with E-state index >= 15 is 0 Å². The first-order valence-electron chi connectivity index (χ1n) is 12.7. The van der Waals surface area contributed by atoms with Crippen molar-refractivity contribution in [3.05, 3.63) is 106 Å². The highest BCUT2D eigenvalue weighted by Crippen LogP contribution is 2.29. The predicted octanol–water partition coefficient (Wildman–Crippen LogP) is 7.35. The first-order valence-corrected chi connectivity index (χ1v) is 13.5. The minimum Gasteiger partial charge on any atom is -0.445 e. The Kier molecular flexibility index (Phi) is 10.1. The van der Waals surface area contributed by atoms with Crippen LogP contribution in [0.5, 0.6) is 0 Å². The van der Waals surface area contributed by atoms with Crippen LogP contribution in [0.2, 0.25) is 10.0 Å². The summed E-state index contributed by atoms with van der Waals surface area (Å²) < 4.78 is 5.40. The van der Waals surface area contributed by atoms with E-state index in [1.807, 2.05) is 48.5 Å². The number of amides is 1. The zero-order valence-electron chi connectivity index (χ0n) is 20.5. The Bertz CT molecular complexity index is 1090. The van der Waals surface area contributed by atoms with E-state index < -0.39 is 6.09 Å². The zero-order chi connectivity index (χ0) is 25.2. The summed E-state index contributed by atoms with van der Waals surface area (Å²) in [6, 6.07) is 26.2. The smallest absolute Gasteiger partial charge is 0.407 e. The summed E-state index contributed by atoms with van der Waals surface area (Å²) in [4.78, 5) is 14.9. The van der Waals surface area contributed by atoms with Crippen molar-refractivity contribution in [1.29, 1.82) is 0 Å². The normalized spacial score (nSPS) is 15.4. The highest BCUT2D eigenvalue weighted by Gasteiger charge is 2.22. The van der Waals surface area contributed by atoms with E-state index in [4.69, 9.17) is 27.9 Å². The molecule has 190 valence electrons. The van der Waals surface area contributed by atoms with E-state index in [2.05, 4.69) is 40.5 Å². The molecule has 1 heterocycles. The van der Waals surface area contributed by atoms with E-state index in [0.29, 0.717) is 16.6 Å². The van der Waals surface area contributed by atoms with Gasteiger partial charge in [-0.25, -0.2) is 4.79 Å². The summed E-state index contributed by atoms with van der Waals surface area (Å²) in [7, 11) is 0. The number of hydrogen-bond donors (Lipinski definition) is 1. The van der Waals surface area contributed by atoms with E-state index in [1.165, 1.54) is 18.4 Å². The molecule has 1 saturated heterocycles. The molecule has 1 aliphatic rings. The lowest BCUT2D eigenvalue weighted by Crippen LogP contribution is -2.36. The fourth-order valence-electron chi connectivity index (χ4n) is 4.83. The second kappa shape index (κ2) is 13.7. The molecular formula is C30H34Cl2N2O2. The number of hydrogen-bond acceptors (Lipinski definition) is 3. The summed E-state index contributed by atoms with van der Waals surface area (Å²) in [5, 5.41) is 4.02. The van der Waals surface area contributed by atoms with E-state index in [-0.39, 0.29) is 12.5 Å². The van der Waals surface area contributed by atoms with Crippen LogP contribution in [0.4, 0.5) is 4.79 Å². The van der Waals surface area contributed by atoms with Crippen LogP contribution in [0.25, 0.3) is 0 Å². The lowest BCUT2D eigenvalue weighted by molar-refractivity contribution is 0.138. The average Bonchev–Trinajstić information content (AvgIpc) is 2.91. The standard InChI is InChI=1S/C30H34Cl2N2O2/c31-28-12-11-26(20-29(28)32)27(21-33-30(35)36-22-25-9-5-2-6-10-25)15-18-34-16-13-24(14-17-34)19-23-7-3-1-4-8-23/h1-12,20,24,27H,13-19,21-22H2,(H,33,35). The quantitative estimate of drug-likeness (QED) is 0.301. The van der Waals surface area contributed by atoms with Crippen molar-refractivity contribution >= 4 is 29.3 Å². The molecule has 0 aliphatic carbocycles. The van der Waals surface area contributed by atoms with Crippen LogP contribution in [0.1, 0.15) is 41.9 Å². The molecule has 4 rings (SSSR count). The van der Waals surface area contributed by atoms with Gasteiger partial charge in [0.15, 0.2) is 0 Å². The van der Waals surface area contributed by atoms with E-state index in [0.717, 1.165) is 49.5 Å². The molecule has 1 atom stereocenters. The molecule has 1 N–H and O–H groups in total. The van der Waals surface area contributed by atoms with Crippen LogP contribution >= 0.6 is 23.2 Å². The topological polar surface area (TPSA) is 41.6 Å². The van der Waals surface area contributed by atoms with Gasteiger partial charge in [0.1, 0.15) is 6.61 Å². The van der Waals surface area contributed by atoms with Gasteiger partial charge in [0.25, 0.3) is 0 Å². The van der Waals surface area contributed by atoms with Crippen molar-refractivity contribution in [3.63, 3.8) is 0 Å². The predicted molar refractivity (Wildman–Crippen MR) is 148 cm³/mol. The first kappa shape index (κ1) is 26.5. The molecule has 0 spiro atoms. The molecule has 6 heteroatoms. The molecule has 1 aliphatic heterocycles. The van der Waals surface area contributed by atoms with Crippen molar-refractivity contribution < 1.29 is 9.53 Å². The minimum absolute atomic E-state index is 0.117. The number of piperidine rings is 1. The van der Waals surface area contributed by atoms with E-state index in [1.54, 1.807) is 0 Å². The Balaban J connectivity index is 1.28. The molecular weight excluding hydrogens is 491 g/mol. The Hall–Kier alpha value is -2.53. The Morgan fingerprint density at radius 1 is 0.917 bits per heavy atom. The van der Waals surface area contributed by atoms with Crippen molar-refractivity contribution in [1.82, 2.24) is 10.2 Å². The van der Waals surface area contributed by atoms with Crippen molar-refractivity contribution in [3.8, 4) is 0 Å². The van der Waals surface area contributed by atoms with Gasteiger partial charge >= 0.3 is 6.09 Å². The summed E-state index contributed by atoms with van der Waals surface area (Å²) in [6.45, 7) is 3.93. The number of nitrogens with one attached hydrogen (secondary N) is 1. The van der Waals surface area contributed by atoms with Crippen molar-refractivity contribution in [2.75, 3.05) is 26.2 Å². The van der Waals surface area contributed by atoms with Gasteiger partial charge in [-0.1, -0.05) is 89.9 Å². The van der Waals surface area contributed by atoms with Gasteiger partial charge < -0.3 is 15.0 Å². The number of ether oxygens (including phenoxy) is 1. The summed E-state index contributed by atoms with van der Waals surface area (Å²) in [5.74, 6) is 0.863. The summed E-state index contributed by atoms with van der Waals surface area (Å²) >= 11 is 12.5. The number of carbonyl (C=O) groups is 1. The Morgan fingerprint density at radius 3 is 2.25 bits per heavy atom. The molecule has 4 nitrogen and oxygen atoms in total. The van der Waals surface area contributed by atoms with Crippen LogP contribution in [0.3, 0.4) is 0 Å². The third-order valence-electron chi connectivity index (χ3n) is 6.99. The summed E-state index contributed by atoms with van der Waals surface area (Å²) in [6.07, 6.45) is 4.11. The highest BCUT2D eigenvalue weighted by atomic mass is 35.5. The van der Waals surface area contributed by atoms with Gasteiger partial charge in [0, 0.05) is 12.5 Å². The lowest BCUT2D eigenvalue weighted by atomic mass is 9.89. The SMILES string of the molecule is O=C(NCC(CCN1CCC(Cc2ccccc2)CC1)c1ccc(Cl)c(Cl)c1)OCc1ccccc1. The lowest BCUT2D eigenvalue weighted by Gasteiger charge is -2.33. The van der Waals surface area contributed by atoms with Crippen LogP contribution in [0, 0.1) is 5.92 Å². The second-order valence-corrected chi connectivity index (χ2v) is 10.4. The third-order valence-corrected chi connectivity index (χ3v) is 7.73. The fourth-order valence-corrected chi connectivity index (χ4v) is 5.14. The van der Waals surface area contributed by atoms with Crippen LogP contribution < -0.4 is 5.32 Å². The highest BCUT2D eigenvalue weighted by molar-refractivity contribution is 6.42. The maximum absolute atomic E-state index is 12.4. The maximum Gasteiger partial charge on any atom is 0.407 e. The monoisotopic (exact) mass is 524 g/mol. The summed E-state index contributed by atoms with van der Waals surface area (Å²) in [5.41, 5.74) is 3.47. The third kappa shape index (κ3) is 8.26. The first-order chi connectivity index (χ1) is 17.6. The van der Waals surface area contributed by atoms with Gasteiger partial charge in [-0.15, -0.1) is 0 Å². The molecule has 1 amide bonds. The number of likely N-dealkylation sites (tertiary alicyclic amines) is 1. The van der Waals surface area contributed by atoms with Crippen LogP contribution in [0.15, 0.2) is 78.9 Å². The van der Waals surface area contributed by atoms with Gasteiger partial charge in [-0.05, 0) is 80.1 Å². The van der Waals surface area contributed by atoms with Crippen LogP contribution in [-0.2, 0) is 17.8 Å². The van der Waals surface area contributed by atoms with Crippen LogP contribution in [-0.4, -0.2) is 37.2 Å². The molecule has 0 radical (unpaired) electrons. The Labute approximate surface area is 224 Å². The number of nitrogens with zero attached hydrogens (tertiary/aromatic N) is 1. The maximum atomic E-state index is 12.4. The number of carbonyl (C=O) groups excluding carboxylic acids is 1. The number of rotatable bonds is 10. The molecule has 36 heavy (non-hydrogen) atoms. The van der Waals surface area contributed by atoms with Gasteiger partial charge in [-0.3, -0.25) is 0 Å². The fraction of sp³-hybridized carbons (Fsp3) is 0.367. The Morgan fingerprint density at radius 2 is 1.58 bits per heavy atom. The van der Waals surface area contributed by atoms with Gasteiger partial charge in [0.05, 0.1) is 10.0 Å². The van der Waals surface area contributed by atoms with Crippen molar-refractivity contribution in [2.45, 2.75) is 38.2 Å². The largest absolute Gasteiger partial charge is 0.445 e. The molecule has 1 fully saturated rings. The molecule has 0 aromatic heterocycles.